The highest BCUT2D eigenvalue weighted by molar-refractivity contribution is 6.00. The molecule has 1 atom stereocenters. The van der Waals surface area contributed by atoms with E-state index in [4.69, 9.17) is 14.2 Å². The van der Waals surface area contributed by atoms with Crippen molar-refractivity contribution in [2.45, 2.75) is 72.3 Å². The van der Waals surface area contributed by atoms with E-state index in [9.17, 15) is 14.4 Å². The molecule has 0 amide bonds. The quantitative estimate of drug-likeness (QED) is 0.161. The summed E-state index contributed by atoms with van der Waals surface area (Å²) in [5, 5.41) is 0. The monoisotopic (exact) mass is 434 g/mol. The molecule has 0 bridgehead atoms. The largest absolute Gasteiger partial charge is 0.468 e. The molecular formula is C25H38O6. The van der Waals surface area contributed by atoms with Gasteiger partial charge < -0.3 is 14.2 Å². The molecule has 6 nitrogen and oxygen atoms in total. The lowest BCUT2D eigenvalue weighted by atomic mass is 9.79. The van der Waals surface area contributed by atoms with Crippen LogP contribution in [0.4, 0.5) is 0 Å². The Morgan fingerprint density at radius 1 is 1.00 bits per heavy atom. The van der Waals surface area contributed by atoms with Crippen molar-refractivity contribution in [1.82, 2.24) is 0 Å². The maximum atomic E-state index is 12.5. The standard InChI is InChI=1S/C25H38O6/c1-8-10-11-17-25(23(27)29-6,24(28)30-7)18-16-19(3)14-12-15-20(4)22(13-9-2)31-21(5)26/h8-10,15-16,22H,2,11-14,17-18H2,1,3-7H3/b10-8+,19-16+,20-15+. The minimum Gasteiger partial charge on any atom is -0.468 e. The third kappa shape index (κ3) is 9.81. The van der Waals surface area contributed by atoms with Gasteiger partial charge in [0, 0.05) is 13.3 Å². The second kappa shape index (κ2) is 15.2. The van der Waals surface area contributed by atoms with Gasteiger partial charge in [-0.05, 0) is 58.4 Å². The summed E-state index contributed by atoms with van der Waals surface area (Å²) in [6.45, 7) is 10.9. The van der Waals surface area contributed by atoms with E-state index >= 15 is 0 Å². The molecule has 6 heteroatoms. The molecule has 0 aromatic heterocycles. The summed E-state index contributed by atoms with van der Waals surface area (Å²) in [7, 11) is 2.56. The average Bonchev–Trinajstić information content (AvgIpc) is 2.74. The predicted molar refractivity (Wildman–Crippen MR) is 122 cm³/mol. The smallest absolute Gasteiger partial charge is 0.323 e. The van der Waals surface area contributed by atoms with E-state index in [2.05, 4.69) is 6.58 Å². The van der Waals surface area contributed by atoms with Gasteiger partial charge in [0.1, 0.15) is 6.10 Å². The van der Waals surface area contributed by atoms with E-state index in [0.717, 1.165) is 24.0 Å². The van der Waals surface area contributed by atoms with Gasteiger partial charge in [0.15, 0.2) is 5.41 Å². The predicted octanol–water partition coefficient (Wildman–Crippen LogP) is 5.25. The van der Waals surface area contributed by atoms with Crippen LogP contribution in [0.1, 0.15) is 66.2 Å². The summed E-state index contributed by atoms with van der Waals surface area (Å²) in [6.07, 6.45) is 12.3. The van der Waals surface area contributed by atoms with E-state index < -0.39 is 17.4 Å². The highest BCUT2D eigenvalue weighted by atomic mass is 16.5. The van der Waals surface area contributed by atoms with Gasteiger partial charge in [0.05, 0.1) is 14.2 Å². The molecule has 1 unspecified atom stereocenters. The van der Waals surface area contributed by atoms with E-state index in [1.54, 1.807) is 6.08 Å². The van der Waals surface area contributed by atoms with Crippen molar-refractivity contribution in [3.05, 3.63) is 48.1 Å². The number of carbonyl (C=O) groups excluding carboxylic acids is 3. The summed E-state index contributed by atoms with van der Waals surface area (Å²) in [5.41, 5.74) is 0.646. The Hall–Kier alpha value is -2.63. The van der Waals surface area contributed by atoms with E-state index in [0.29, 0.717) is 19.3 Å². The number of hydrogen-bond donors (Lipinski definition) is 0. The maximum absolute atomic E-state index is 12.5. The SMILES string of the molecule is C=CCC(OC(C)=O)/C(C)=C/CC/C(C)=C/CC(CC/C=C/C)(C(=O)OC)C(=O)OC. The van der Waals surface area contributed by atoms with Crippen LogP contribution in [0.3, 0.4) is 0 Å². The van der Waals surface area contributed by atoms with Gasteiger partial charge in [-0.25, -0.2) is 0 Å². The van der Waals surface area contributed by atoms with Gasteiger partial charge in [-0.2, -0.15) is 0 Å². The molecule has 0 radical (unpaired) electrons. The lowest BCUT2D eigenvalue weighted by Crippen LogP contribution is -2.41. The Kier molecular flexibility index (Phi) is 13.9. The van der Waals surface area contributed by atoms with E-state index in [1.807, 2.05) is 45.1 Å². The van der Waals surface area contributed by atoms with Crippen LogP contribution in [0.5, 0.6) is 0 Å². The van der Waals surface area contributed by atoms with E-state index in [1.165, 1.54) is 21.1 Å². The molecule has 0 rings (SSSR count). The van der Waals surface area contributed by atoms with Crippen LogP contribution in [0.15, 0.2) is 48.1 Å². The molecule has 0 aliphatic heterocycles. The molecule has 0 spiro atoms. The molecule has 174 valence electrons. The second-order valence-corrected chi connectivity index (χ2v) is 7.54. The summed E-state index contributed by atoms with van der Waals surface area (Å²) in [5.74, 6) is -1.50. The van der Waals surface area contributed by atoms with Crippen molar-refractivity contribution in [2.24, 2.45) is 5.41 Å². The minimum atomic E-state index is -1.36. The zero-order valence-corrected chi connectivity index (χ0v) is 19.9. The van der Waals surface area contributed by atoms with Crippen LogP contribution in [0, 0.1) is 5.41 Å². The summed E-state index contributed by atoms with van der Waals surface area (Å²) in [4.78, 5) is 36.3. The van der Waals surface area contributed by atoms with Crippen molar-refractivity contribution in [3.63, 3.8) is 0 Å². The molecule has 0 saturated heterocycles. The Bertz CT molecular complexity index is 683. The normalized spacial score (nSPS) is 13.6. The molecule has 0 aromatic rings. The first-order valence-electron chi connectivity index (χ1n) is 10.6. The van der Waals surface area contributed by atoms with Gasteiger partial charge in [0.2, 0.25) is 0 Å². The number of hydrogen-bond acceptors (Lipinski definition) is 6. The molecule has 31 heavy (non-hydrogen) atoms. The number of ether oxygens (including phenoxy) is 3. The van der Waals surface area contributed by atoms with Crippen LogP contribution >= 0.6 is 0 Å². The van der Waals surface area contributed by atoms with Crippen LogP contribution in [0.25, 0.3) is 0 Å². The molecule has 0 heterocycles. The van der Waals surface area contributed by atoms with Crippen LogP contribution in [-0.4, -0.2) is 38.2 Å². The third-order valence-electron chi connectivity index (χ3n) is 5.13. The Morgan fingerprint density at radius 2 is 1.61 bits per heavy atom. The molecule has 0 saturated carbocycles. The number of methoxy groups -OCH3 is 2. The highest BCUT2D eigenvalue weighted by Gasteiger charge is 2.46. The number of esters is 3. The fourth-order valence-corrected chi connectivity index (χ4v) is 3.23. The lowest BCUT2D eigenvalue weighted by Gasteiger charge is -2.27. The van der Waals surface area contributed by atoms with Gasteiger partial charge in [-0.15, -0.1) is 6.58 Å². The average molecular weight is 435 g/mol. The van der Waals surface area contributed by atoms with Gasteiger partial charge in [-0.1, -0.05) is 36.0 Å². The number of carbonyl (C=O) groups is 3. The highest BCUT2D eigenvalue weighted by Crippen LogP contribution is 2.33. The van der Waals surface area contributed by atoms with Gasteiger partial charge in [0.25, 0.3) is 0 Å². The second-order valence-electron chi connectivity index (χ2n) is 7.54. The minimum absolute atomic E-state index is 0.213. The van der Waals surface area contributed by atoms with Crippen molar-refractivity contribution in [1.29, 1.82) is 0 Å². The Balaban J connectivity index is 5.34. The van der Waals surface area contributed by atoms with Crippen molar-refractivity contribution < 1.29 is 28.6 Å². The van der Waals surface area contributed by atoms with Crippen molar-refractivity contribution >= 4 is 17.9 Å². The van der Waals surface area contributed by atoms with Gasteiger partial charge >= 0.3 is 17.9 Å². The maximum Gasteiger partial charge on any atom is 0.323 e. The summed E-state index contributed by atoms with van der Waals surface area (Å²) in [6, 6.07) is 0. The zero-order valence-electron chi connectivity index (χ0n) is 19.9. The van der Waals surface area contributed by atoms with Crippen molar-refractivity contribution in [2.75, 3.05) is 14.2 Å². The Morgan fingerprint density at radius 3 is 2.10 bits per heavy atom. The first-order chi connectivity index (χ1) is 14.7. The zero-order chi connectivity index (χ0) is 23.9. The van der Waals surface area contributed by atoms with Crippen molar-refractivity contribution in [3.8, 4) is 0 Å². The Labute approximate surface area is 187 Å². The van der Waals surface area contributed by atoms with Crippen LogP contribution < -0.4 is 0 Å². The topological polar surface area (TPSA) is 78.9 Å². The molecule has 0 fully saturated rings. The number of rotatable bonds is 14. The van der Waals surface area contributed by atoms with Crippen LogP contribution in [-0.2, 0) is 28.6 Å². The number of allylic oxidation sites excluding steroid dienone is 5. The fraction of sp³-hybridized carbons (Fsp3) is 0.560. The molecular weight excluding hydrogens is 396 g/mol. The molecule has 0 N–H and O–H groups in total. The first-order valence-corrected chi connectivity index (χ1v) is 10.6. The molecule has 0 aromatic carbocycles. The van der Waals surface area contributed by atoms with Crippen LogP contribution in [0.2, 0.25) is 0 Å². The lowest BCUT2D eigenvalue weighted by molar-refractivity contribution is -0.169. The molecule has 0 aliphatic carbocycles. The fourth-order valence-electron chi connectivity index (χ4n) is 3.23. The van der Waals surface area contributed by atoms with E-state index in [-0.39, 0.29) is 18.5 Å². The first kappa shape index (κ1) is 28.4. The molecule has 0 aliphatic rings. The third-order valence-corrected chi connectivity index (χ3v) is 5.13. The summed E-state index contributed by atoms with van der Waals surface area (Å²) >= 11 is 0. The summed E-state index contributed by atoms with van der Waals surface area (Å²) < 4.78 is 15.2. The van der Waals surface area contributed by atoms with Gasteiger partial charge in [-0.3, -0.25) is 14.4 Å².